The number of fused-ring (bicyclic) bond motifs is 1. The van der Waals surface area contributed by atoms with Gasteiger partial charge in [-0.05, 0) is 63.5 Å². The molecule has 160 valence electrons. The minimum atomic E-state index is -3.17. The van der Waals surface area contributed by atoms with E-state index in [1.54, 1.807) is 13.8 Å². The van der Waals surface area contributed by atoms with E-state index in [4.69, 9.17) is 4.98 Å². The highest BCUT2D eigenvalue weighted by molar-refractivity contribution is 7.90. The van der Waals surface area contributed by atoms with Crippen LogP contribution in [0.3, 0.4) is 0 Å². The van der Waals surface area contributed by atoms with Gasteiger partial charge in [-0.2, -0.15) is 4.98 Å². The summed E-state index contributed by atoms with van der Waals surface area (Å²) in [6.45, 7) is 4.82. The van der Waals surface area contributed by atoms with Crippen molar-refractivity contribution in [3.8, 4) is 0 Å². The number of benzene rings is 1. The van der Waals surface area contributed by atoms with Crippen LogP contribution in [0.1, 0.15) is 39.5 Å². The van der Waals surface area contributed by atoms with Gasteiger partial charge in [0, 0.05) is 32.6 Å². The SMILES string of the molecule is CC(C)S(=O)(=O)NC[C@H]1CC[C@H](CNc2nc(N(C)C)c3ccccc3n2)CC1. The summed E-state index contributed by atoms with van der Waals surface area (Å²) in [7, 11) is 0.817. The standard InChI is InChI=1S/C21H33N5O2S/c1-15(2)29(27,28)23-14-17-11-9-16(10-12-17)13-22-21-24-19-8-6-5-7-18(19)20(25-21)26(3)4/h5-8,15-17,23H,9-14H2,1-4H3,(H,22,24,25)/t16-,17-. The molecule has 0 atom stereocenters. The van der Waals surface area contributed by atoms with Gasteiger partial charge in [0.2, 0.25) is 16.0 Å². The minimum absolute atomic E-state index is 0.378. The van der Waals surface area contributed by atoms with Crippen LogP contribution >= 0.6 is 0 Å². The van der Waals surface area contributed by atoms with Crippen LogP contribution < -0.4 is 14.9 Å². The average Bonchev–Trinajstić information content (AvgIpc) is 2.70. The zero-order chi connectivity index (χ0) is 21.0. The zero-order valence-corrected chi connectivity index (χ0v) is 18.7. The van der Waals surface area contributed by atoms with Gasteiger partial charge in [-0.1, -0.05) is 12.1 Å². The number of sulfonamides is 1. The second kappa shape index (κ2) is 9.26. The Morgan fingerprint density at radius 3 is 2.28 bits per heavy atom. The first kappa shape index (κ1) is 21.8. The topological polar surface area (TPSA) is 87.2 Å². The first-order valence-electron chi connectivity index (χ1n) is 10.4. The molecule has 0 saturated heterocycles. The number of rotatable bonds is 8. The van der Waals surface area contributed by atoms with Gasteiger partial charge in [0.05, 0.1) is 10.8 Å². The molecular formula is C21H33N5O2S. The predicted octanol–water partition coefficient (Wildman–Crippen LogP) is 3.24. The number of hydrogen-bond donors (Lipinski definition) is 2. The van der Waals surface area contributed by atoms with Crippen molar-refractivity contribution in [2.75, 3.05) is 37.4 Å². The van der Waals surface area contributed by atoms with Crippen LogP contribution in [0, 0.1) is 11.8 Å². The summed E-state index contributed by atoms with van der Waals surface area (Å²) in [5.74, 6) is 2.57. The van der Waals surface area contributed by atoms with Crippen molar-refractivity contribution in [2.45, 2.75) is 44.8 Å². The van der Waals surface area contributed by atoms with Crippen molar-refractivity contribution in [3.05, 3.63) is 24.3 Å². The summed E-state index contributed by atoms with van der Waals surface area (Å²) in [5.41, 5.74) is 0.940. The highest BCUT2D eigenvalue weighted by Gasteiger charge is 2.24. The van der Waals surface area contributed by atoms with Gasteiger partial charge < -0.3 is 10.2 Å². The zero-order valence-electron chi connectivity index (χ0n) is 17.9. The largest absolute Gasteiger partial charge is 0.362 e. The fraction of sp³-hybridized carbons (Fsp3) is 0.619. The molecule has 29 heavy (non-hydrogen) atoms. The lowest BCUT2D eigenvalue weighted by Gasteiger charge is -2.29. The molecule has 8 heteroatoms. The predicted molar refractivity (Wildman–Crippen MR) is 120 cm³/mol. The highest BCUT2D eigenvalue weighted by Crippen LogP contribution is 2.29. The molecule has 3 rings (SSSR count). The molecule has 1 saturated carbocycles. The van der Waals surface area contributed by atoms with Crippen LogP contribution in [-0.4, -0.2) is 50.8 Å². The highest BCUT2D eigenvalue weighted by atomic mass is 32.2. The lowest BCUT2D eigenvalue weighted by Crippen LogP contribution is -2.36. The monoisotopic (exact) mass is 419 g/mol. The number of anilines is 2. The fourth-order valence-corrected chi connectivity index (χ4v) is 4.56. The van der Waals surface area contributed by atoms with Gasteiger partial charge in [-0.3, -0.25) is 0 Å². The minimum Gasteiger partial charge on any atom is -0.362 e. The van der Waals surface area contributed by atoms with Gasteiger partial charge >= 0.3 is 0 Å². The summed E-state index contributed by atoms with van der Waals surface area (Å²) in [6.07, 6.45) is 4.29. The van der Waals surface area contributed by atoms with E-state index in [2.05, 4.69) is 15.0 Å². The van der Waals surface area contributed by atoms with Gasteiger partial charge in [0.25, 0.3) is 0 Å². The molecule has 2 aromatic rings. The summed E-state index contributed by atoms with van der Waals surface area (Å²) < 4.78 is 26.6. The van der Waals surface area contributed by atoms with Gasteiger partial charge in [-0.15, -0.1) is 0 Å². The maximum atomic E-state index is 11.9. The van der Waals surface area contributed by atoms with E-state index in [-0.39, 0.29) is 5.25 Å². The molecule has 0 radical (unpaired) electrons. The van der Waals surface area contributed by atoms with E-state index in [1.165, 1.54) is 0 Å². The van der Waals surface area contributed by atoms with E-state index in [9.17, 15) is 8.42 Å². The summed E-state index contributed by atoms with van der Waals surface area (Å²) in [6, 6.07) is 8.06. The van der Waals surface area contributed by atoms with Crippen LogP contribution in [0.2, 0.25) is 0 Å². The Bertz CT molecular complexity index is 922. The quantitative estimate of drug-likeness (QED) is 0.683. The van der Waals surface area contributed by atoms with Gasteiger partial charge in [0.1, 0.15) is 5.82 Å². The third kappa shape index (κ3) is 5.57. The lowest BCUT2D eigenvalue weighted by molar-refractivity contribution is 0.284. The maximum Gasteiger partial charge on any atom is 0.225 e. The molecule has 0 spiro atoms. The molecule has 1 fully saturated rings. The lowest BCUT2D eigenvalue weighted by atomic mass is 9.82. The Balaban J connectivity index is 1.53. The number of hydrogen-bond acceptors (Lipinski definition) is 6. The number of nitrogens with zero attached hydrogens (tertiary/aromatic N) is 3. The van der Waals surface area contributed by atoms with E-state index in [0.29, 0.717) is 24.3 Å². The van der Waals surface area contributed by atoms with Crippen molar-refractivity contribution in [3.63, 3.8) is 0 Å². The first-order chi connectivity index (χ1) is 13.8. The van der Waals surface area contributed by atoms with Crippen molar-refractivity contribution in [2.24, 2.45) is 11.8 Å². The summed E-state index contributed by atoms with van der Waals surface area (Å²) >= 11 is 0. The molecule has 1 aliphatic rings. The van der Waals surface area contributed by atoms with Crippen molar-refractivity contribution in [1.82, 2.24) is 14.7 Å². The van der Waals surface area contributed by atoms with Crippen molar-refractivity contribution in [1.29, 1.82) is 0 Å². The smallest absolute Gasteiger partial charge is 0.225 e. The Kier molecular flexibility index (Phi) is 6.95. The van der Waals surface area contributed by atoms with Crippen molar-refractivity contribution >= 4 is 32.7 Å². The molecular weight excluding hydrogens is 386 g/mol. The molecule has 1 aromatic heterocycles. The van der Waals surface area contributed by atoms with Crippen LogP contribution in [0.5, 0.6) is 0 Å². The third-order valence-corrected chi connectivity index (χ3v) is 7.53. The van der Waals surface area contributed by atoms with Crippen molar-refractivity contribution < 1.29 is 8.42 Å². The Morgan fingerprint density at radius 2 is 1.66 bits per heavy atom. The van der Waals surface area contributed by atoms with Gasteiger partial charge in [0.15, 0.2) is 0 Å². The third-order valence-electron chi connectivity index (χ3n) is 5.72. The number of para-hydroxylation sites is 1. The fourth-order valence-electron chi connectivity index (χ4n) is 3.76. The molecule has 0 amide bonds. The normalized spacial score (nSPS) is 20.2. The maximum absolute atomic E-state index is 11.9. The Hall–Kier alpha value is -1.93. The Labute approximate surface area is 174 Å². The van der Waals surface area contributed by atoms with Crippen LogP contribution in [-0.2, 0) is 10.0 Å². The van der Waals surface area contributed by atoms with E-state index in [1.807, 2.05) is 43.3 Å². The molecule has 1 aliphatic carbocycles. The molecule has 0 bridgehead atoms. The molecule has 2 N–H and O–H groups in total. The summed E-state index contributed by atoms with van der Waals surface area (Å²) in [5, 5.41) is 4.10. The molecule has 7 nitrogen and oxygen atoms in total. The second-order valence-corrected chi connectivity index (χ2v) is 10.8. The first-order valence-corrected chi connectivity index (χ1v) is 12.0. The van der Waals surface area contributed by atoms with Crippen LogP contribution in [0.25, 0.3) is 10.9 Å². The molecule has 1 aromatic carbocycles. The number of aromatic nitrogens is 2. The van der Waals surface area contributed by atoms with Gasteiger partial charge in [-0.25, -0.2) is 18.1 Å². The van der Waals surface area contributed by atoms with Crippen LogP contribution in [0.4, 0.5) is 11.8 Å². The Morgan fingerprint density at radius 1 is 1.03 bits per heavy atom. The van der Waals surface area contributed by atoms with Crippen LogP contribution in [0.15, 0.2) is 24.3 Å². The molecule has 1 heterocycles. The summed E-state index contributed by atoms with van der Waals surface area (Å²) in [4.78, 5) is 11.4. The van der Waals surface area contributed by atoms with E-state index < -0.39 is 10.0 Å². The second-order valence-electron chi connectivity index (χ2n) is 8.49. The van der Waals surface area contributed by atoms with E-state index >= 15 is 0 Å². The van der Waals surface area contributed by atoms with E-state index in [0.717, 1.165) is 48.9 Å². The average molecular weight is 420 g/mol. The number of nitrogens with one attached hydrogen (secondary N) is 2. The molecule has 0 unspecified atom stereocenters. The molecule has 0 aliphatic heterocycles.